The summed E-state index contributed by atoms with van der Waals surface area (Å²) in [5.41, 5.74) is 15.1. The van der Waals surface area contributed by atoms with Crippen LogP contribution >= 0.6 is 0 Å². The average Bonchev–Trinajstić information content (AvgIpc) is 2.29. The van der Waals surface area contributed by atoms with E-state index in [1.54, 1.807) is 0 Å². The topological polar surface area (TPSA) is 52.0 Å². The van der Waals surface area contributed by atoms with Crippen molar-refractivity contribution in [2.75, 3.05) is 0 Å². The van der Waals surface area contributed by atoms with Crippen molar-refractivity contribution in [1.82, 2.24) is 0 Å². The summed E-state index contributed by atoms with van der Waals surface area (Å²) in [6.45, 7) is 2.15. The summed E-state index contributed by atoms with van der Waals surface area (Å²) >= 11 is 0. The van der Waals surface area contributed by atoms with Crippen LogP contribution in [0.25, 0.3) is 5.57 Å². The summed E-state index contributed by atoms with van der Waals surface area (Å²) in [7, 11) is 0. The molecule has 1 aromatic carbocycles. The molecule has 0 aliphatic heterocycles. The maximum atomic E-state index is 5.94. The molecular weight excluding hydrogens is 196 g/mol. The molecule has 2 nitrogen and oxygen atoms in total. The zero-order chi connectivity index (χ0) is 11.6. The predicted octanol–water partition coefficient (Wildman–Crippen LogP) is 2.42. The molecule has 0 amide bonds. The van der Waals surface area contributed by atoms with Gasteiger partial charge < -0.3 is 11.5 Å². The Labute approximate surface area is 96.6 Å². The molecule has 0 fully saturated rings. The maximum absolute atomic E-state index is 5.94. The Balaban J connectivity index is 2.41. The second-order valence-corrected chi connectivity index (χ2v) is 4.36. The molecule has 0 heterocycles. The van der Waals surface area contributed by atoms with Crippen molar-refractivity contribution >= 4 is 5.57 Å². The highest BCUT2D eigenvalue weighted by Gasteiger charge is 2.22. The molecule has 4 N–H and O–H groups in total. The molecule has 0 radical (unpaired) electrons. The quantitative estimate of drug-likeness (QED) is 0.743. The first kappa shape index (κ1) is 11.1. The lowest BCUT2D eigenvalue weighted by atomic mass is 9.86. The Morgan fingerprint density at radius 2 is 1.88 bits per heavy atom. The molecule has 1 aliphatic carbocycles. The van der Waals surface area contributed by atoms with Crippen LogP contribution in [-0.4, -0.2) is 5.66 Å². The van der Waals surface area contributed by atoms with Gasteiger partial charge in [0.05, 0.1) is 5.66 Å². The van der Waals surface area contributed by atoms with E-state index in [-0.39, 0.29) is 0 Å². The van der Waals surface area contributed by atoms with E-state index in [1.165, 1.54) is 16.7 Å². The van der Waals surface area contributed by atoms with Gasteiger partial charge in [-0.25, -0.2) is 0 Å². The first-order valence-corrected chi connectivity index (χ1v) is 5.67. The Morgan fingerprint density at radius 3 is 2.50 bits per heavy atom. The monoisotopic (exact) mass is 214 g/mol. The summed E-state index contributed by atoms with van der Waals surface area (Å²) < 4.78 is 0. The van der Waals surface area contributed by atoms with Gasteiger partial charge in [-0.2, -0.15) is 0 Å². The van der Waals surface area contributed by atoms with Gasteiger partial charge >= 0.3 is 0 Å². The van der Waals surface area contributed by atoms with Crippen LogP contribution in [0.1, 0.15) is 25.3 Å². The zero-order valence-corrected chi connectivity index (χ0v) is 9.61. The molecule has 84 valence electrons. The number of allylic oxidation sites excluding steroid dienone is 2. The van der Waals surface area contributed by atoms with Crippen LogP contribution in [0.4, 0.5) is 0 Å². The minimum atomic E-state index is -0.677. The Morgan fingerprint density at radius 1 is 1.19 bits per heavy atom. The van der Waals surface area contributed by atoms with E-state index in [2.05, 4.69) is 37.3 Å². The van der Waals surface area contributed by atoms with Crippen molar-refractivity contribution in [3.05, 3.63) is 53.6 Å². The van der Waals surface area contributed by atoms with E-state index in [0.29, 0.717) is 0 Å². The Bertz CT molecular complexity index is 427. The van der Waals surface area contributed by atoms with Crippen LogP contribution in [0.2, 0.25) is 0 Å². The van der Waals surface area contributed by atoms with Gasteiger partial charge in [-0.3, -0.25) is 0 Å². The molecule has 1 aromatic rings. The normalized spacial score (nSPS) is 18.9. The highest BCUT2D eigenvalue weighted by molar-refractivity contribution is 5.78. The minimum absolute atomic E-state index is 0.677. The Hall–Kier alpha value is -1.38. The van der Waals surface area contributed by atoms with Gasteiger partial charge in [0, 0.05) is 6.42 Å². The lowest BCUT2D eigenvalue weighted by Gasteiger charge is -2.27. The van der Waals surface area contributed by atoms with E-state index in [0.717, 1.165) is 12.8 Å². The number of nitrogens with two attached hydrogens (primary N) is 2. The molecular formula is C14H18N2. The molecule has 1 aliphatic rings. The zero-order valence-electron chi connectivity index (χ0n) is 9.61. The van der Waals surface area contributed by atoms with E-state index in [1.807, 2.05) is 12.1 Å². The number of benzene rings is 1. The van der Waals surface area contributed by atoms with Gasteiger partial charge in [0.2, 0.25) is 0 Å². The second-order valence-electron chi connectivity index (χ2n) is 4.36. The van der Waals surface area contributed by atoms with Gasteiger partial charge in [-0.05, 0) is 23.6 Å². The van der Waals surface area contributed by atoms with Gasteiger partial charge in [-0.15, -0.1) is 0 Å². The van der Waals surface area contributed by atoms with Crippen LogP contribution in [0.3, 0.4) is 0 Å². The van der Waals surface area contributed by atoms with E-state index in [4.69, 9.17) is 11.5 Å². The molecule has 2 rings (SSSR count). The van der Waals surface area contributed by atoms with Crippen LogP contribution < -0.4 is 11.5 Å². The number of rotatable bonds is 2. The average molecular weight is 214 g/mol. The van der Waals surface area contributed by atoms with Crippen molar-refractivity contribution < 1.29 is 0 Å². The third kappa shape index (κ3) is 2.23. The molecule has 0 unspecified atom stereocenters. The molecule has 0 saturated heterocycles. The molecule has 2 heteroatoms. The summed E-state index contributed by atoms with van der Waals surface area (Å²) in [6.07, 6.45) is 5.68. The van der Waals surface area contributed by atoms with Crippen molar-refractivity contribution in [1.29, 1.82) is 0 Å². The van der Waals surface area contributed by atoms with Crippen molar-refractivity contribution in [3.63, 3.8) is 0 Å². The van der Waals surface area contributed by atoms with Crippen LogP contribution in [0.15, 0.2) is 48.1 Å². The fraction of sp³-hybridized carbons (Fsp3) is 0.286. The van der Waals surface area contributed by atoms with Crippen LogP contribution in [-0.2, 0) is 0 Å². The first-order chi connectivity index (χ1) is 7.62. The molecule has 16 heavy (non-hydrogen) atoms. The molecule has 0 bridgehead atoms. The van der Waals surface area contributed by atoms with E-state index < -0.39 is 5.66 Å². The third-order valence-corrected chi connectivity index (χ3v) is 2.97. The Kier molecular flexibility index (Phi) is 2.95. The number of hydrogen-bond donors (Lipinski definition) is 2. The molecule has 0 spiro atoms. The summed E-state index contributed by atoms with van der Waals surface area (Å²) in [6, 6.07) is 10.4. The molecule has 0 atom stereocenters. The van der Waals surface area contributed by atoms with E-state index in [9.17, 15) is 0 Å². The van der Waals surface area contributed by atoms with Gasteiger partial charge in [0.1, 0.15) is 0 Å². The van der Waals surface area contributed by atoms with Gasteiger partial charge in [-0.1, -0.05) is 48.9 Å². The SMILES string of the molecule is CCC1=C(c2ccccc2)C=CC(N)(N)C1. The predicted molar refractivity (Wildman–Crippen MR) is 68.5 cm³/mol. The highest BCUT2D eigenvalue weighted by atomic mass is 14.9. The lowest BCUT2D eigenvalue weighted by Crippen LogP contribution is -2.48. The van der Waals surface area contributed by atoms with Gasteiger partial charge in [0.25, 0.3) is 0 Å². The first-order valence-electron chi connectivity index (χ1n) is 5.67. The van der Waals surface area contributed by atoms with Crippen molar-refractivity contribution in [2.45, 2.75) is 25.4 Å². The summed E-state index contributed by atoms with van der Waals surface area (Å²) in [5, 5.41) is 0. The van der Waals surface area contributed by atoms with Gasteiger partial charge in [0.15, 0.2) is 0 Å². The minimum Gasteiger partial charge on any atom is -0.310 e. The lowest BCUT2D eigenvalue weighted by molar-refractivity contribution is 0.536. The maximum Gasteiger partial charge on any atom is 0.0869 e. The highest BCUT2D eigenvalue weighted by Crippen LogP contribution is 2.30. The van der Waals surface area contributed by atoms with Crippen molar-refractivity contribution in [3.8, 4) is 0 Å². The molecule has 0 saturated carbocycles. The largest absolute Gasteiger partial charge is 0.310 e. The fourth-order valence-corrected chi connectivity index (χ4v) is 2.11. The standard InChI is InChI=1S/C14H18N2/c1-2-11-10-14(15,16)9-8-13(11)12-6-4-3-5-7-12/h3-9H,2,10,15-16H2,1H3. The number of hydrogen-bond acceptors (Lipinski definition) is 2. The van der Waals surface area contributed by atoms with Crippen molar-refractivity contribution in [2.24, 2.45) is 11.5 Å². The summed E-state index contributed by atoms with van der Waals surface area (Å²) in [5.74, 6) is 0. The van der Waals surface area contributed by atoms with E-state index >= 15 is 0 Å². The van der Waals surface area contributed by atoms with Crippen LogP contribution in [0, 0.1) is 0 Å². The smallest absolute Gasteiger partial charge is 0.0869 e. The molecule has 0 aromatic heterocycles. The third-order valence-electron chi connectivity index (χ3n) is 2.97. The summed E-state index contributed by atoms with van der Waals surface area (Å²) in [4.78, 5) is 0. The van der Waals surface area contributed by atoms with Crippen LogP contribution in [0.5, 0.6) is 0 Å². The fourth-order valence-electron chi connectivity index (χ4n) is 2.11. The second kappa shape index (κ2) is 4.24.